The van der Waals surface area contributed by atoms with Crippen molar-refractivity contribution in [1.29, 1.82) is 0 Å². The van der Waals surface area contributed by atoms with Crippen molar-refractivity contribution in [2.24, 2.45) is 16.5 Å². The molecule has 0 bridgehead atoms. The predicted molar refractivity (Wildman–Crippen MR) is 106 cm³/mol. The lowest BCUT2D eigenvalue weighted by Gasteiger charge is -2.31. The maximum atomic E-state index is 14.1. The fourth-order valence-corrected chi connectivity index (χ4v) is 4.57. The van der Waals surface area contributed by atoms with Crippen molar-refractivity contribution >= 4 is 27.4 Å². The molecule has 8 nitrogen and oxygen atoms in total. The van der Waals surface area contributed by atoms with Crippen molar-refractivity contribution < 1.29 is 35.2 Å². The summed E-state index contributed by atoms with van der Waals surface area (Å²) < 4.78 is 91.0. The number of alkyl halides is 5. The van der Waals surface area contributed by atoms with E-state index in [1.165, 1.54) is 17.9 Å². The van der Waals surface area contributed by atoms with Gasteiger partial charge in [-0.05, 0) is 18.6 Å². The molecular weight excluding hydrogens is 473 g/mol. The van der Waals surface area contributed by atoms with Gasteiger partial charge < -0.3 is 10.2 Å². The molecule has 1 aliphatic heterocycles. The average Bonchev–Trinajstić information content (AvgIpc) is 3.17. The Kier molecular flexibility index (Phi) is 5.16. The van der Waals surface area contributed by atoms with Gasteiger partial charge in [-0.25, -0.2) is 32.3 Å². The fraction of sp³-hybridized carbons (Fsp3) is 0.421. The maximum Gasteiger partial charge on any atom is 0.417 e. The lowest BCUT2D eigenvalue weighted by Crippen LogP contribution is -2.36. The lowest BCUT2D eigenvalue weighted by atomic mass is 9.97. The monoisotopic (exact) mass is 491 g/mol. The van der Waals surface area contributed by atoms with Gasteiger partial charge >= 0.3 is 6.18 Å². The van der Waals surface area contributed by atoms with E-state index in [-0.39, 0.29) is 31.0 Å². The molecule has 178 valence electrons. The van der Waals surface area contributed by atoms with Crippen LogP contribution in [0.5, 0.6) is 0 Å². The zero-order chi connectivity index (χ0) is 24.4. The molecule has 0 unspecified atom stereocenters. The second-order valence-corrected chi connectivity index (χ2v) is 9.77. The van der Waals surface area contributed by atoms with Crippen molar-refractivity contribution in [2.45, 2.75) is 30.5 Å². The molecule has 4 rings (SSSR count). The van der Waals surface area contributed by atoms with Gasteiger partial charge in [0.1, 0.15) is 5.82 Å². The zero-order valence-corrected chi connectivity index (χ0v) is 17.8. The van der Waals surface area contributed by atoms with Crippen LogP contribution < -0.4 is 15.4 Å². The van der Waals surface area contributed by atoms with Crippen molar-refractivity contribution in [2.75, 3.05) is 23.3 Å². The number of pyridine rings is 2. The Morgan fingerprint density at radius 2 is 1.97 bits per heavy atom. The van der Waals surface area contributed by atoms with Gasteiger partial charge in [0, 0.05) is 42.7 Å². The second kappa shape index (κ2) is 7.32. The van der Waals surface area contributed by atoms with Crippen LogP contribution in [0.3, 0.4) is 0 Å². The number of carbonyl (C=O) groups is 1. The molecule has 0 radical (unpaired) electrons. The van der Waals surface area contributed by atoms with E-state index in [1.54, 1.807) is 0 Å². The number of hydrogen-bond donors (Lipinski definition) is 2. The lowest BCUT2D eigenvalue weighted by molar-refractivity contribution is -0.137. The Balaban J connectivity index is 1.68. The molecule has 2 atom stereocenters. The Morgan fingerprint density at radius 3 is 2.58 bits per heavy atom. The van der Waals surface area contributed by atoms with Gasteiger partial charge in [0.05, 0.1) is 17.0 Å². The van der Waals surface area contributed by atoms with Crippen LogP contribution in [-0.4, -0.2) is 43.3 Å². The number of amides is 1. The Bertz CT molecular complexity index is 1240. The number of nitrogens with zero attached hydrogens (tertiary/aromatic N) is 3. The van der Waals surface area contributed by atoms with Gasteiger partial charge in [-0.1, -0.05) is 6.92 Å². The molecular formula is C19H18F5N5O3S. The number of nitrogens with one attached hydrogen (secondary N) is 1. The first-order chi connectivity index (χ1) is 15.1. The van der Waals surface area contributed by atoms with E-state index in [9.17, 15) is 35.2 Å². The Labute approximate surface area is 185 Å². The van der Waals surface area contributed by atoms with Crippen LogP contribution in [0.2, 0.25) is 0 Å². The molecule has 3 heterocycles. The van der Waals surface area contributed by atoms with E-state index in [0.29, 0.717) is 12.3 Å². The molecule has 0 spiro atoms. The highest BCUT2D eigenvalue weighted by atomic mass is 32.2. The normalized spacial score (nSPS) is 24.2. The van der Waals surface area contributed by atoms with E-state index >= 15 is 0 Å². The van der Waals surface area contributed by atoms with Crippen molar-refractivity contribution in [1.82, 2.24) is 9.97 Å². The number of sulfonamides is 1. The number of rotatable bonds is 4. The number of anilines is 2. The van der Waals surface area contributed by atoms with Gasteiger partial charge in [-0.15, -0.1) is 0 Å². The van der Waals surface area contributed by atoms with Crippen LogP contribution in [0, 0.1) is 11.3 Å². The molecule has 2 fully saturated rings. The smallest absolute Gasteiger partial charge is 0.355 e. The van der Waals surface area contributed by atoms with Crippen LogP contribution in [0.1, 0.15) is 29.3 Å². The summed E-state index contributed by atoms with van der Waals surface area (Å²) in [5.41, 5.74) is -2.97. The van der Waals surface area contributed by atoms with Crippen LogP contribution >= 0.6 is 0 Å². The highest BCUT2D eigenvalue weighted by molar-refractivity contribution is 7.89. The molecule has 0 aromatic carbocycles. The first kappa shape index (κ1) is 23.3. The number of carbonyl (C=O) groups excluding carboxylic acids is 1. The quantitative estimate of drug-likeness (QED) is 0.635. The van der Waals surface area contributed by atoms with Gasteiger partial charge in [0.25, 0.3) is 21.9 Å². The van der Waals surface area contributed by atoms with Crippen molar-refractivity contribution in [3.8, 4) is 0 Å². The third-order valence-electron chi connectivity index (χ3n) is 6.21. The van der Waals surface area contributed by atoms with E-state index in [1.807, 2.05) is 0 Å². The van der Waals surface area contributed by atoms with Crippen molar-refractivity contribution in [3.05, 3.63) is 41.7 Å². The van der Waals surface area contributed by atoms with E-state index < -0.39 is 55.5 Å². The van der Waals surface area contributed by atoms with Gasteiger partial charge in [-0.3, -0.25) is 4.79 Å². The van der Waals surface area contributed by atoms with Crippen LogP contribution in [-0.2, 0) is 16.2 Å². The summed E-state index contributed by atoms with van der Waals surface area (Å²) in [6.45, 7) is 1.36. The fourth-order valence-electron chi connectivity index (χ4n) is 4.08. The standard InChI is InChI=1S/C19H18F5N5O3S/c1-17-3-5-29(9-13(17)18(17,20)21)15-12(6-10(8-27-15)19(22,23)24)16(30)28-11-2-4-26-14(7-11)33(25,31)32/h2,4,6-8,13H,3,5,9H2,1H3,(H2,25,31,32)(H,26,28,30)/t13-,17+/m0/s1. The number of nitrogens with two attached hydrogens (primary N) is 1. The largest absolute Gasteiger partial charge is 0.417 e. The predicted octanol–water partition coefficient (Wildman–Crippen LogP) is 2.88. The summed E-state index contributed by atoms with van der Waals surface area (Å²) >= 11 is 0. The number of primary sulfonamides is 1. The van der Waals surface area contributed by atoms with E-state index in [2.05, 4.69) is 15.3 Å². The van der Waals surface area contributed by atoms with Gasteiger partial charge in [0.2, 0.25) is 0 Å². The number of hydrogen-bond acceptors (Lipinski definition) is 6. The number of halogens is 5. The first-order valence-electron chi connectivity index (χ1n) is 9.65. The molecule has 33 heavy (non-hydrogen) atoms. The molecule has 1 saturated heterocycles. The third-order valence-corrected chi connectivity index (χ3v) is 7.02. The molecule has 2 aromatic heterocycles. The van der Waals surface area contributed by atoms with Crippen LogP contribution in [0.4, 0.5) is 33.5 Å². The minimum atomic E-state index is -4.80. The summed E-state index contributed by atoms with van der Waals surface area (Å²) in [7, 11) is -4.20. The third kappa shape index (κ3) is 4.01. The summed E-state index contributed by atoms with van der Waals surface area (Å²) in [4.78, 5) is 21.6. The SMILES string of the molecule is C[C@@]12CCN(c3ncc(C(F)(F)F)cc3C(=O)Nc3ccnc(S(N)(=O)=O)c3)C[C@@H]1C2(F)F. The Morgan fingerprint density at radius 1 is 1.27 bits per heavy atom. The summed E-state index contributed by atoms with van der Waals surface area (Å²) in [6.07, 6.45) is -3.14. The van der Waals surface area contributed by atoms with Gasteiger partial charge in [-0.2, -0.15) is 13.2 Å². The first-order valence-corrected chi connectivity index (χ1v) is 11.2. The highest BCUT2D eigenvalue weighted by Gasteiger charge is 2.78. The number of aromatic nitrogens is 2. The molecule has 1 saturated carbocycles. The second-order valence-electron chi connectivity index (χ2n) is 8.26. The molecule has 3 N–H and O–H groups in total. The molecule has 2 aromatic rings. The van der Waals surface area contributed by atoms with Crippen LogP contribution in [0.25, 0.3) is 0 Å². The van der Waals surface area contributed by atoms with E-state index in [4.69, 9.17) is 5.14 Å². The summed E-state index contributed by atoms with van der Waals surface area (Å²) in [5, 5.41) is 6.73. The van der Waals surface area contributed by atoms with Crippen molar-refractivity contribution in [3.63, 3.8) is 0 Å². The van der Waals surface area contributed by atoms with E-state index in [0.717, 1.165) is 12.3 Å². The topological polar surface area (TPSA) is 118 Å². The van der Waals surface area contributed by atoms with Gasteiger partial charge in [0.15, 0.2) is 5.03 Å². The van der Waals surface area contributed by atoms with Crippen LogP contribution in [0.15, 0.2) is 35.6 Å². The Hall–Kier alpha value is -2.87. The molecule has 14 heteroatoms. The maximum absolute atomic E-state index is 14.1. The minimum absolute atomic E-state index is 0.0755. The summed E-state index contributed by atoms with van der Waals surface area (Å²) in [5.74, 6) is -5.12. The number of piperidine rings is 1. The highest BCUT2D eigenvalue weighted by Crippen LogP contribution is 2.69. The molecule has 1 aliphatic carbocycles. The minimum Gasteiger partial charge on any atom is -0.355 e. The average molecular weight is 491 g/mol. The summed E-state index contributed by atoms with van der Waals surface area (Å²) in [6, 6.07) is 2.73. The molecule has 1 amide bonds. The number of fused-ring (bicyclic) bond motifs is 1. The zero-order valence-electron chi connectivity index (χ0n) is 17.0. The molecule has 2 aliphatic rings.